The average Bonchev–Trinajstić information content (AvgIpc) is 3.63. The Labute approximate surface area is 273 Å². The number of esters is 2. The van der Waals surface area contributed by atoms with Gasteiger partial charge in [-0.25, -0.2) is 19.5 Å². The van der Waals surface area contributed by atoms with Crippen molar-refractivity contribution in [2.24, 2.45) is 5.92 Å². The number of nitrogens with zero attached hydrogens (tertiary/aromatic N) is 4. The van der Waals surface area contributed by atoms with Gasteiger partial charge in [-0.3, -0.25) is 18.7 Å². The van der Waals surface area contributed by atoms with E-state index in [0.29, 0.717) is 17.0 Å². The van der Waals surface area contributed by atoms with E-state index in [4.69, 9.17) is 35.4 Å². The van der Waals surface area contributed by atoms with Crippen molar-refractivity contribution in [1.82, 2.24) is 24.6 Å². The number of nitrogens with one attached hydrogen (secondary N) is 1. The standard InChI is InChI=1S/C32H41N6O8P/c1-6-32(25(44-30(39)20(2)3)17-26(45-32)38-19-34-27-28(33)35-22(5)36-29(27)38)18-42-47(41,46-24-15-11-8-12-16-24)37-21(4)31(40)43-23-13-9-7-10-14-23/h1,8,11-12,15-16,19-21,23,25-26H,7,9-10,13-14,17-18H2,2-5H3,(H,37,41)(H2,33,35,36)/t21-,25-,26+,32+,47-/m0/s1. The number of rotatable bonds is 12. The van der Waals surface area contributed by atoms with Crippen molar-refractivity contribution in [2.45, 2.75) is 96.3 Å². The van der Waals surface area contributed by atoms with Crippen molar-refractivity contribution in [3.05, 3.63) is 42.5 Å². The fourth-order valence-corrected chi connectivity index (χ4v) is 7.04. The summed E-state index contributed by atoms with van der Waals surface area (Å²) in [5.41, 5.74) is 5.10. The minimum atomic E-state index is -4.35. The van der Waals surface area contributed by atoms with E-state index in [1.807, 2.05) is 0 Å². The molecule has 5 atom stereocenters. The van der Waals surface area contributed by atoms with Crippen molar-refractivity contribution in [2.75, 3.05) is 12.3 Å². The Balaban J connectivity index is 1.42. The molecule has 3 aromatic rings. The fourth-order valence-electron chi connectivity index (χ4n) is 5.52. The van der Waals surface area contributed by atoms with Crippen LogP contribution < -0.4 is 15.3 Å². The molecule has 3 N–H and O–H groups in total. The first kappa shape index (κ1) is 34.3. The third-order valence-corrected chi connectivity index (χ3v) is 9.71. The fraction of sp³-hybridized carbons (Fsp3) is 0.531. The molecule has 15 heteroatoms. The zero-order valence-electron chi connectivity index (χ0n) is 27.0. The molecule has 1 aliphatic carbocycles. The molecule has 0 amide bonds. The number of aryl methyl sites for hydroxylation is 1. The molecular formula is C32H41N6O8P. The lowest BCUT2D eigenvalue weighted by molar-refractivity contribution is -0.162. The second-order valence-corrected chi connectivity index (χ2v) is 13.8. The van der Waals surface area contributed by atoms with E-state index in [0.717, 1.165) is 32.1 Å². The molecule has 47 heavy (non-hydrogen) atoms. The summed E-state index contributed by atoms with van der Waals surface area (Å²) in [5.74, 6) is 1.85. The van der Waals surface area contributed by atoms with Crippen LogP contribution in [0.3, 0.4) is 0 Å². The molecule has 1 saturated carbocycles. The minimum Gasteiger partial charge on any atom is -0.461 e. The normalized spacial score (nSPS) is 23.6. The molecule has 252 valence electrons. The number of nitrogen functional groups attached to an aromatic ring is 1. The molecule has 5 rings (SSSR count). The molecule has 2 aliphatic rings. The van der Waals surface area contributed by atoms with Crippen LogP contribution in [0.1, 0.15) is 71.3 Å². The highest BCUT2D eigenvalue weighted by molar-refractivity contribution is 7.52. The molecule has 0 spiro atoms. The highest BCUT2D eigenvalue weighted by atomic mass is 31.2. The Kier molecular flexibility index (Phi) is 10.5. The maximum absolute atomic E-state index is 14.4. The zero-order valence-corrected chi connectivity index (χ0v) is 27.9. The summed E-state index contributed by atoms with van der Waals surface area (Å²) >= 11 is 0. The number of anilines is 1. The van der Waals surface area contributed by atoms with Crippen molar-refractivity contribution < 1.29 is 37.4 Å². The number of nitrogens with two attached hydrogens (primary N) is 1. The number of terminal acetylenes is 1. The van der Waals surface area contributed by atoms with Crippen LogP contribution in [0.5, 0.6) is 5.75 Å². The predicted molar refractivity (Wildman–Crippen MR) is 172 cm³/mol. The van der Waals surface area contributed by atoms with Gasteiger partial charge in [0, 0.05) is 6.42 Å². The Morgan fingerprint density at radius 1 is 1.15 bits per heavy atom. The van der Waals surface area contributed by atoms with E-state index in [2.05, 4.69) is 26.0 Å². The summed E-state index contributed by atoms with van der Waals surface area (Å²) in [7, 11) is -4.35. The maximum atomic E-state index is 14.4. The molecule has 2 fully saturated rings. The Morgan fingerprint density at radius 3 is 2.55 bits per heavy atom. The van der Waals surface area contributed by atoms with Crippen molar-refractivity contribution in [3.63, 3.8) is 0 Å². The average molecular weight is 669 g/mol. The predicted octanol–water partition coefficient (Wildman–Crippen LogP) is 4.63. The molecule has 0 bridgehead atoms. The third-order valence-electron chi connectivity index (χ3n) is 8.08. The van der Waals surface area contributed by atoms with Crippen LogP contribution in [0.2, 0.25) is 0 Å². The number of ether oxygens (including phenoxy) is 3. The second-order valence-electron chi connectivity index (χ2n) is 12.1. The largest absolute Gasteiger partial charge is 0.461 e. The summed E-state index contributed by atoms with van der Waals surface area (Å²) < 4.78 is 45.7. The summed E-state index contributed by atoms with van der Waals surface area (Å²) in [4.78, 5) is 38.8. The number of carbonyl (C=O) groups is 2. The lowest BCUT2D eigenvalue weighted by Gasteiger charge is -2.31. The number of hydrogen-bond donors (Lipinski definition) is 2. The van der Waals surface area contributed by atoms with E-state index in [1.165, 1.54) is 13.3 Å². The van der Waals surface area contributed by atoms with E-state index in [-0.39, 0.29) is 24.1 Å². The van der Waals surface area contributed by atoms with E-state index >= 15 is 0 Å². The van der Waals surface area contributed by atoms with Gasteiger partial charge in [0.25, 0.3) is 0 Å². The molecule has 14 nitrogen and oxygen atoms in total. The summed E-state index contributed by atoms with van der Waals surface area (Å²) in [6.45, 7) is 6.05. The monoisotopic (exact) mass is 668 g/mol. The van der Waals surface area contributed by atoms with Gasteiger partial charge in [0.15, 0.2) is 17.1 Å². The number of hydrogen-bond acceptors (Lipinski definition) is 12. The van der Waals surface area contributed by atoms with Crippen LogP contribution in [0.4, 0.5) is 5.82 Å². The first-order chi connectivity index (χ1) is 22.4. The van der Waals surface area contributed by atoms with Crippen molar-refractivity contribution in [3.8, 4) is 18.1 Å². The molecule has 2 aromatic heterocycles. The SMILES string of the molecule is C#C[C@]1(CO[P@@](=O)(N[C@@H](C)C(=O)OC2CCCCC2)Oc2ccccc2)O[C@@H](n2cnc3c(N)nc(C)nc32)C[C@@H]1OC(=O)C(C)C. The molecular weight excluding hydrogens is 627 g/mol. The molecule has 0 radical (unpaired) electrons. The smallest absolute Gasteiger partial charge is 0.459 e. The molecule has 1 saturated heterocycles. The van der Waals surface area contributed by atoms with Gasteiger partial charge in [0.1, 0.15) is 48.2 Å². The lowest BCUT2D eigenvalue weighted by atomic mass is 9.98. The topological polar surface area (TPSA) is 179 Å². The highest BCUT2D eigenvalue weighted by Crippen LogP contribution is 2.48. The van der Waals surface area contributed by atoms with Gasteiger partial charge in [-0.05, 0) is 51.7 Å². The summed E-state index contributed by atoms with van der Waals surface area (Å²) in [6, 6.07) is 7.28. The number of carbonyl (C=O) groups excluding carboxylic acids is 2. The zero-order chi connectivity index (χ0) is 33.8. The first-order valence-corrected chi connectivity index (χ1v) is 17.3. The summed E-state index contributed by atoms with van der Waals surface area (Å²) in [5, 5.41) is 2.70. The van der Waals surface area contributed by atoms with Crippen LogP contribution in [-0.4, -0.2) is 61.9 Å². The Morgan fingerprint density at radius 2 is 1.87 bits per heavy atom. The highest BCUT2D eigenvalue weighted by Gasteiger charge is 2.53. The number of benzene rings is 1. The molecule has 0 unspecified atom stereocenters. The van der Waals surface area contributed by atoms with Gasteiger partial charge in [-0.15, -0.1) is 6.42 Å². The van der Waals surface area contributed by atoms with Gasteiger partial charge in [0.05, 0.1) is 12.2 Å². The van der Waals surface area contributed by atoms with Crippen LogP contribution in [0.15, 0.2) is 36.7 Å². The van der Waals surface area contributed by atoms with Crippen molar-refractivity contribution >= 4 is 36.7 Å². The molecule has 3 heterocycles. The molecule has 1 aliphatic heterocycles. The summed E-state index contributed by atoms with van der Waals surface area (Å²) in [6.07, 6.45) is 10.2. The second kappa shape index (κ2) is 14.4. The van der Waals surface area contributed by atoms with Gasteiger partial charge in [-0.1, -0.05) is 44.4 Å². The van der Waals surface area contributed by atoms with Crippen LogP contribution in [0.25, 0.3) is 11.2 Å². The number of aromatic nitrogens is 4. The van der Waals surface area contributed by atoms with E-state index in [1.54, 1.807) is 55.7 Å². The number of imidazole rings is 1. The number of para-hydroxylation sites is 1. The first-order valence-electron chi connectivity index (χ1n) is 15.7. The van der Waals surface area contributed by atoms with E-state index < -0.39 is 56.2 Å². The van der Waals surface area contributed by atoms with Crippen LogP contribution in [-0.2, 0) is 32.9 Å². The maximum Gasteiger partial charge on any atom is 0.459 e. The van der Waals surface area contributed by atoms with Crippen molar-refractivity contribution in [1.29, 1.82) is 0 Å². The van der Waals surface area contributed by atoms with Gasteiger partial charge >= 0.3 is 19.7 Å². The van der Waals surface area contributed by atoms with Gasteiger partial charge in [0.2, 0.25) is 0 Å². The lowest BCUT2D eigenvalue weighted by Crippen LogP contribution is -2.46. The number of fused-ring (bicyclic) bond motifs is 1. The minimum absolute atomic E-state index is 0.0851. The van der Waals surface area contributed by atoms with Crippen LogP contribution >= 0.6 is 7.75 Å². The van der Waals surface area contributed by atoms with Gasteiger partial charge in [-0.2, -0.15) is 5.09 Å². The third kappa shape index (κ3) is 7.93. The Bertz CT molecular complexity index is 1670. The molecule has 1 aromatic carbocycles. The Hall–Kier alpha value is -4.02. The van der Waals surface area contributed by atoms with Gasteiger partial charge < -0.3 is 24.5 Å². The van der Waals surface area contributed by atoms with E-state index in [9.17, 15) is 14.2 Å². The quantitative estimate of drug-likeness (QED) is 0.155. The van der Waals surface area contributed by atoms with Crippen LogP contribution in [0, 0.1) is 25.2 Å².